The lowest BCUT2D eigenvalue weighted by Crippen LogP contribution is -2.54. The van der Waals surface area contributed by atoms with Gasteiger partial charge < -0.3 is 9.84 Å². The molecule has 138 valence electrons. The van der Waals surface area contributed by atoms with Crippen LogP contribution in [0.1, 0.15) is 65.7 Å². The van der Waals surface area contributed by atoms with Gasteiger partial charge in [-0.1, -0.05) is 25.5 Å². The summed E-state index contributed by atoms with van der Waals surface area (Å²) >= 11 is 0. The Bertz CT molecular complexity index is 638. The molecule has 0 bridgehead atoms. The van der Waals surface area contributed by atoms with E-state index in [4.69, 9.17) is 4.74 Å². The first-order chi connectivity index (χ1) is 11.8. The Kier molecular flexibility index (Phi) is 3.91. The number of aliphatic hydroxyl groups excluding tert-OH is 1. The average molecular weight is 346 g/mol. The van der Waals surface area contributed by atoms with Crippen LogP contribution in [0.3, 0.4) is 0 Å². The molecule has 0 aliphatic heterocycles. The minimum Gasteiger partial charge on any atom is -0.462 e. The molecular formula is C21H30O4. The van der Waals surface area contributed by atoms with Gasteiger partial charge in [0, 0.05) is 25.2 Å². The van der Waals surface area contributed by atoms with E-state index in [1.807, 2.05) is 6.08 Å². The van der Waals surface area contributed by atoms with Crippen molar-refractivity contribution in [3.63, 3.8) is 0 Å². The molecule has 4 aliphatic carbocycles. The lowest BCUT2D eigenvalue weighted by atomic mass is 9.47. The number of hydrogen-bond acceptors (Lipinski definition) is 4. The summed E-state index contributed by atoms with van der Waals surface area (Å²) in [5.41, 5.74) is 1.12. The van der Waals surface area contributed by atoms with Gasteiger partial charge in [-0.15, -0.1) is 0 Å². The molecule has 0 aromatic heterocycles. The van der Waals surface area contributed by atoms with Gasteiger partial charge >= 0.3 is 5.97 Å². The van der Waals surface area contributed by atoms with Crippen LogP contribution in [0, 0.1) is 28.6 Å². The first-order valence-corrected chi connectivity index (χ1v) is 9.85. The molecule has 3 fully saturated rings. The van der Waals surface area contributed by atoms with Crippen LogP contribution in [0.15, 0.2) is 11.6 Å². The molecule has 1 N–H and O–H groups in total. The zero-order chi connectivity index (χ0) is 18.0. The number of hydrogen-bond donors (Lipinski definition) is 1. The van der Waals surface area contributed by atoms with Crippen molar-refractivity contribution < 1.29 is 19.4 Å². The highest BCUT2D eigenvalue weighted by molar-refractivity contribution is 5.87. The van der Waals surface area contributed by atoms with Crippen LogP contribution in [0.4, 0.5) is 0 Å². The van der Waals surface area contributed by atoms with Crippen LogP contribution in [-0.4, -0.2) is 29.1 Å². The first-order valence-electron chi connectivity index (χ1n) is 9.85. The summed E-state index contributed by atoms with van der Waals surface area (Å²) in [5.74, 6) is 1.13. The summed E-state index contributed by atoms with van der Waals surface area (Å²) in [6, 6.07) is 0. The predicted molar refractivity (Wildman–Crippen MR) is 93.7 cm³/mol. The summed E-state index contributed by atoms with van der Waals surface area (Å²) in [6.07, 6.45) is 7.76. The molecule has 3 saturated carbocycles. The van der Waals surface area contributed by atoms with Gasteiger partial charge in [-0.25, -0.2) is 0 Å². The maximum atomic E-state index is 12.5. The van der Waals surface area contributed by atoms with Gasteiger partial charge in [0.25, 0.3) is 0 Å². The summed E-state index contributed by atoms with van der Waals surface area (Å²) in [4.78, 5) is 23.8. The Balaban J connectivity index is 1.65. The molecule has 4 nitrogen and oxygen atoms in total. The third-order valence-corrected chi connectivity index (χ3v) is 8.13. The summed E-state index contributed by atoms with van der Waals surface area (Å²) < 4.78 is 5.45. The standard InChI is InChI=1S/C21H30O4/c1-12(22)25-14-6-8-20(2)13(10-14)11-17(23)19-15-4-5-18(24)21(15,3)9-7-16(19)20/h11,14-17,19,23H,4-10H2,1-3H3/t14-,15-,16+,17-,19+,20-,21-/m0/s1. The lowest BCUT2D eigenvalue weighted by molar-refractivity contribution is -0.149. The second kappa shape index (κ2) is 5.67. The number of ketones is 1. The van der Waals surface area contributed by atoms with Crippen LogP contribution in [0.25, 0.3) is 0 Å². The number of esters is 1. The van der Waals surface area contributed by atoms with Crippen molar-refractivity contribution in [3.8, 4) is 0 Å². The van der Waals surface area contributed by atoms with Crippen molar-refractivity contribution in [1.82, 2.24) is 0 Å². The van der Waals surface area contributed by atoms with Crippen molar-refractivity contribution >= 4 is 11.8 Å². The molecule has 0 unspecified atom stereocenters. The zero-order valence-electron chi connectivity index (χ0n) is 15.6. The van der Waals surface area contributed by atoms with Crippen LogP contribution < -0.4 is 0 Å². The molecule has 0 spiro atoms. The van der Waals surface area contributed by atoms with Crippen molar-refractivity contribution in [2.24, 2.45) is 28.6 Å². The number of Topliss-reactive ketones (excluding diaryl/α,β-unsaturated/α-hetero) is 1. The number of carbonyl (C=O) groups is 2. The van der Waals surface area contributed by atoms with Crippen LogP contribution in [-0.2, 0) is 14.3 Å². The predicted octanol–water partition coefficient (Wildman–Crippen LogP) is 3.42. The SMILES string of the molecule is CC(=O)O[C@H]1CC[C@@]2(C)C(=C[C@H](O)[C@H]3[C@H]2CC[C@]2(C)C(=O)CC[C@@H]32)C1. The molecule has 4 heteroatoms. The molecule has 0 aromatic rings. The average Bonchev–Trinajstić information content (AvgIpc) is 2.84. The normalized spacial score (nSPS) is 48.9. The fourth-order valence-corrected chi connectivity index (χ4v) is 6.72. The molecule has 0 saturated heterocycles. The molecule has 0 heterocycles. The number of aliphatic hydroxyl groups is 1. The van der Waals surface area contributed by atoms with Crippen LogP contribution in [0.2, 0.25) is 0 Å². The third kappa shape index (κ3) is 2.43. The van der Waals surface area contributed by atoms with Gasteiger partial charge in [0.05, 0.1) is 6.10 Å². The number of fused-ring (bicyclic) bond motifs is 5. The van der Waals surface area contributed by atoms with Crippen molar-refractivity contribution in [2.45, 2.75) is 77.9 Å². The van der Waals surface area contributed by atoms with Crippen LogP contribution in [0.5, 0.6) is 0 Å². The van der Waals surface area contributed by atoms with Gasteiger partial charge in [-0.2, -0.15) is 0 Å². The Morgan fingerprint density at radius 2 is 1.84 bits per heavy atom. The van der Waals surface area contributed by atoms with Gasteiger partial charge in [0.2, 0.25) is 0 Å². The second-order valence-electron chi connectivity index (χ2n) is 9.28. The van der Waals surface area contributed by atoms with Gasteiger partial charge in [0.1, 0.15) is 11.9 Å². The molecule has 7 atom stereocenters. The van der Waals surface area contributed by atoms with Crippen molar-refractivity contribution in [1.29, 1.82) is 0 Å². The van der Waals surface area contributed by atoms with E-state index in [0.29, 0.717) is 24.0 Å². The number of carbonyl (C=O) groups excluding carboxylic acids is 2. The molecule has 0 aromatic carbocycles. The highest BCUT2D eigenvalue weighted by Gasteiger charge is 2.60. The first kappa shape index (κ1) is 17.3. The van der Waals surface area contributed by atoms with E-state index in [0.717, 1.165) is 38.5 Å². The molecule has 4 rings (SSSR count). The summed E-state index contributed by atoms with van der Waals surface area (Å²) in [7, 11) is 0. The van der Waals surface area contributed by atoms with E-state index in [9.17, 15) is 14.7 Å². The quantitative estimate of drug-likeness (QED) is 0.584. The molecule has 0 radical (unpaired) electrons. The van der Waals surface area contributed by atoms with E-state index < -0.39 is 6.10 Å². The summed E-state index contributed by atoms with van der Waals surface area (Å²) in [6.45, 7) is 5.94. The minimum atomic E-state index is -0.473. The van der Waals surface area contributed by atoms with E-state index in [2.05, 4.69) is 13.8 Å². The lowest BCUT2D eigenvalue weighted by Gasteiger charge is -2.58. The molecule has 25 heavy (non-hydrogen) atoms. The maximum absolute atomic E-state index is 12.5. The van der Waals surface area contributed by atoms with E-state index in [-0.39, 0.29) is 28.8 Å². The van der Waals surface area contributed by atoms with Gasteiger partial charge in [-0.05, 0) is 55.3 Å². The van der Waals surface area contributed by atoms with E-state index in [1.165, 1.54) is 12.5 Å². The smallest absolute Gasteiger partial charge is 0.302 e. The zero-order valence-corrected chi connectivity index (χ0v) is 15.6. The highest BCUT2D eigenvalue weighted by Crippen LogP contribution is 2.64. The second-order valence-corrected chi connectivity index (χ2v) is 9.28. The van der Waals surface area contributed by atoms with E-state index >= 15 is 0 Å². The highest BCUT2D eigenvalue weighted by atomic mass is 16.5. The molecule has 0 amide bonds. The summed E-state index contributed by atoms with van der Waals surface area (Å²) in [5, 5.41) is 11.0. The van der Waals surface area contributed by atoms with E-state index in [1.54, 1.807) is 0 Å². The van der Waals surface area contributed by atoms with Crippen molar-refractivity contribution in [2.75, 3.05) is 0 Å². The van der Waals surface area contributed by atoms with Gasteiger partial charge in [0.15, 0.2) is 0 Å². The Hall–Kier alpha value is -1.16. The third-order valence-electron chi connectivity index (χ3n) is 8.13. The van der Waals surface area contributed by atoms with Crippen LogP contribution >= 0.6 is 0 Å². The van der Waals surface area contributed by atoms with Crippen molar-refractivity contribution in [3.05, 3.63) is 11.6 Å². The number of rotatable bonds is 1. The molecule has 4 aliphatic rings. The minimum absolute atomic E-state index is 0.0533. The Labute approximate surface area is 150 Å². The topological polar surface area (TPSA) is 63.6 Å². The Morgan fingerprint density at radius 3 is 2.56 bits per heavy atom. The monoisotopic (exact) mass is 346 g/mol. The largest absolute Gasteiger partial charge is 0.462 e. The Morgan fingerprint density at radius 1 is 1.16 bits per heavy atom. The maximum Gasteiger partial charge on any atom is 0.302 e. The fraction of sp³-hybridized carbons (Fsp3) is 0.810. The number of ether oxygens (including phenoxy) is 1. The van der Waals surface area contributed by atoms with Gasteiger partial charge in [-0.3, -0.25) is 9.59 Å². The fourth-order valence-electron chi connectivity index (χ4n) is 6.72. The molecular weight excluding hydrogens is 316 g/mol.